The Labute approximate surface area is 127 Å². The van der Waals surface area contributed by atoms with Crippen LogP contribution in [0.1, 0.15) is 30.4 Å². The molecule has 0 aliphatic heterocycles. The lowest BCUT2D eigenvalue weighted by molar-refractivity contribution is 0.572. The van der Waals surface area contributed by atoms with Gasteiger partial charge >= 0.3 is 0 Å². The minimum atomic E-state index is -3.42. The highest BCUT2D eigenvalue weighted by Gasteiger charge is 2.16. The molecule has 2 aromatic rings. The highest BCUT2D eigenvalue weighted by molar-refractivity contribution is 7.89. The van der Waals surface area contributed by atoms with Crippen molar-refractivity contribution in [2.75, 3.05) is 6.54 Å². The van der Waals surface area contributed by atoms with Crippen molar-refractivity contribution >= 4 is 10.0 Å². The van der Waals surface area contributed by atoms with E-state index in [1.54, 1.807) is 25.1 Å². The standard InChI is InChI=1S/C17H21NO2S/c1-14(16-9-4-3-5-10-16)12-13-18-21(19,20)17-11-7-6-8-15(17)2/h3-11,14,18H,12-13H2,1-2H3. The molecule has 0 bridgehead atoms. The minimum Gasteiger partial charge on any atom is -0.211 e. The second-order valence-electron chi connectivity index (χ2n) is 5.26. The number of hydrogen-bond donors (Lipinski definition) is 1. The van der Waals surface area contributed by atoms with Gasteiger partial charge in [-0.15, -0.1) is 0 Å². The number of aryl methyl sites for hydroxylation is 1. The molecule has 0 radical (unpaired) electrons. The highest BCUT2D eigenvalue weighted by Crippen LogP contribution is 2.18. The second-order valence-corrected chi connectivity index (χ2v) is 7.00. The van der Waals surface area contributed by atoms with Gasteiger partial charge in [-0.05, 0) is 36.5 Å². The summed E-state index contributed by atoms with van der Waals surface area (Å²) in [5, 5.41) is 0. The summed E-state index contributed by atoms with van der Waals surface area (Å²) in [5.41, 5.74) is 1.99. The Morgan fingerprint density at radius 3 is 2.29 bits per heavy atom. The Morgan fingerprint density at radius 1 is 1.00 bits per heavy atom. The molecule has 1 N–H and O–H groups in total. The highest BCUT2D eigenvalue weighted by atomic mass is 32.2. The Balaban J connectivity index is 1.96. The molecule has 4 heteroatoms. The monoisotopic (exact) mass is 303 g/mol. The van der Waals surface area contributed by atoms with Gasteiger partial charge in [-0.1, -0.05) is 55.5 Å². The molecule has 0 amide bonds. The maximum atomic E-state index is 12.3. The maximum Gasteiger partial charge on any atom is 0.240 e. The molecule has 0 aromatic heterocycles. The molecule has 112 valence electrons. The minimum absolute atomic E-state index is 0.325. The van der Waals surface area contributed by atoms with Crippen molar-refractivity contribution in [3.8, 4) is 0 Å². The van der Waals surface area contributed by atoms with Crippen LogP contribution in [0, 0.1) is 6.92 Å². The van der Waals surface area contributed by atoms with Crippen LogP contribution in [0.15, 0.2) is 59.5 Å². The lowest BCUT2D eigenvalue weighted by atomic mass is 9.98. The third-order valence-corrected chi connectivity index (χ3v) is 5.24. The summed E-state index contributed by atoms with van der Waals surface area (Å²) in [6.07, 6.45) is 0.773. The summed E-state index contributed by atoms with van der Waals surface area (Å²) in [7, 11) is -3.42. The molecule has 1 unspecified atom stereocenters. The largest absolute Gasteiger partial charge is 0.240 e. The first kappa shape index (κ1) is 15.7. The maximum absolute atomic E-state index is 12.3. The number of hydrogen-bond acceptors (Lipinski definition) is 2. The fraction of sp³-hybridized carbons (Fsp3) is 0.294. The molecule has 0 spiro atoms. The number of nitrogens with one attached hydrogen (secondary N) is 1. The second kappa shape index (κ2) is 6.87. The van der Waals surface area contributed by atoms with Crippen LogP contribution in [0.2, 0.25) is 0 Å². The summed E-state index contributed by atoms with van der Waals surface area (Å²) >= 11 is 0. The summed E-state index contributed by atoms with van der Waals surface area (Å²) in [5.74, 6) is 0.325. The molecule has 2 rings (SSSR count). The van der Waals surface area contributed by atoms with Crippen LogP contribution < -0.4 is 4.72 Å². The Kier molecular flexibility index (Phi) is 5.15. The van der Waals surface area contributed by atoms with Crippen LogP contribution >= 0.6 is 0 Å². The quantitative estimate of drug-likeness (QED) is 0.888. The lowest BCUT2D eigenvalue weighted by Crippen LogP contribution is -2.26. The van der Waals surface area contributed by atoms with E-state index in [4.69, 9.17) is 0 Å². The van der Waals surface area contributed by atoms with Gasteiger partial charge in [0.2, 0.25) is 10.0 Å². The molecular formula is C17H21NO2S. The van der Waals surface area contributed by atoms with Crippen molar-refractivity contribution in [1.29, 1.82) is 0 Å². The van der Waals surface area contributed by atoms with Crippen LogP contribution in [0.5, 0.6) is 0 Å². The van der Waals surface area contributed by atoms with Crippen LogP contribution in [-0.4, -0.2) is 15.0 Å². The van der Waals surface area contributed by atoms with Crippen molar-refractivity contribution in [1.82, 2.24) is 4.72 Å². The van der Waals surface area contributed by atoms with E-state index in [1.165, 1.54) is 5.56 Å². The SMILES string of the molecule is Cc1ccccc1S(=O)(=O)NCCC(C)c1ccccc1. The molecule has 3 nitrogen and oxygen atoms in total. The lowest BCUT2D eigenvalue weighted by Gasteiger charge is -2.13. The van der Waals surface area contributed by atoms with Crippen molar-refractivity contribution in [3.63, 3.8) is 0 Å². The van der Waals surface area contributed by atoms with E-state index in [0.29, 0.717) is 17.4 Å². The van der Waals surface area contributed by atoms with Crippen molar-refractivity contribution < 1.29 is 8.42 Å². The topological polar surface area (TPSA) is 46.2 Å². The summed E-state index contributed by atoms with van der Waals surface area (Å²) in [6.45, 7) is 4.35. The van der Waals surface area contributed by atoms with Crippen LogP contribution in [0.25, 0.3) is 0 Å². The van der Waals surface area contributed by atoms with Gasteiger partial charge in [0.15, 0.2) is 0 Å². The van der Waals surface area contributed by atoms with Gasteiger partial charge in [0, 0.05) is 6.54 Å². The van der Waals surface area contributed by atoms with Gasteiger partial charge < -0.3 is 0 Å². The van der Waals surface area contributed by atoms with E-state index in [1.807, 2.05) is 24.3 Å². The van der Waals surface area contributed by atoms with E-state index in [-0.39, 0.29) is 0 Å². The molecule has 0 aliphatic carbocycles. The molecule has 0 aliphatic rings. The van der Waals surface area contributed by atoms with Gasteiger partial charge in [-0.3, -0.25) is 0 Å². The summed E-state index contributed by atoms with van der Waals surface area (Å²) < 4.78 is 27.2. The third-order valence-electron chi connectivity index (χ3n) is 3.62. The zero-order valence-electron chi connectivity index (χ0n) is 12.4. The van der Waals surface area contributed by atoms with Crippen molar-refractivity contribution in [2.45, 2.75) is 31.1 Å². The fourth-order valence-corrected chi connectivity index (χ4v) is 3.59. The Hall–Kier alpha value is -1.65. The molecule has 0 saturated carbocycles. The van der Waals surface area contributed by atoms with E-state index < -0.39 is 10.0 Å². The molecule has 0 heterocycles. The molecular weight excluding hydrogens is 282 g/mol. The van der Waals surface area contributed by atoms with Gasteiger partial charge in [0.1, 0.15) is 0 Å². The van der Waals surface area contributed by atoms with E-state index in [9.17, 15) is 8.42 Å². The first-order chi connectivity index (χ1) is 10.0. The van der Waals surface area contributed by atoms with E-state index in [0.717, 1.165) is 12.0 Å². The van der Waals surface area contributed by atoms with Crippen LogP contribution in [0.4, 0.5) is 0 Å². The normalized spacial score (nSPS) is 13.0. The number of benzene rings is 2. The van der Waals surface area contributed by atoms with Gasteiger partial charge in [0.25, 0.3) is 0 Å². The molecule has 21 heavy (non-hydrogen) atoms. The zero-order valence-corrected chi connectivity index (χ0v) is 13.2. The summed E-state index contributed by atoms with van der Waals surface area (Å²) in [6, 6.07) is 17.2. The van der Waals surface area contributed by atoms with Crippen LogP contribution in [-0.2, 0) is 10.0 Å². The predicted octanol–water partition coefficient (Wildman–Crippen LogP) is 3.47. The molecule has 1 atom stereocenters. The first-order valence-electron chi connectivity index (χ1n) is 7.11. The first-order valence-corrected chi connectivity index (χ1v) is 8.59. The molecule has 0 saturated heterocycles. The fourth-order valence-electron chi connectivity index (χ4n) is 2.29. The van der Waals surface area contributed by atoms with Gasteiger partial charge in [0.05, 0.1) is 4.90 Å². The van der Waals surface area contributed by atoms with Crippen molar-refractivity contribution in [3.05, 3.63) is 65.7 Å². The Morgan fingerprint density at radius 2 is 1.62 bits per heavy atom. The van der Waals surface area contributed by atoms with Gasteiger partial charge in [-0.2, -0.15) is 0 Å². The van der Waals surface area contributed by atoms with Gasteiger partial charge in [-0.25, -0.2) is 13.1 Å². The van der Waals surface area contributed by atoms with E-state index in [2.05, 4.69) is 23.8 Å². The molecule has 0 fully saturated rings. The summed E-state index contributed by atoms with van der Waals surface area (Å²) in [4.78, 5) is 0.359. The third kappa shape index (κ3) is 4.16. The molecule has 2 aromatic carbocycles. The Bertz CT molecular complexity index is 681. The zero-order chi connectivity index (χ0) is 15.3. The average molecular weight is 303 g/mol. The smallest absolute Gasteiger partial charge is 0.211 e. The van der Waals surface area contributed by atoms with Crippen LogP contribution in [0.3, 0.4) is 0 Å². The predicted molar refractivity (Wildman–Crippen MR) is 85.8 cm³/mol. The van der Waals surface area contributed by atoms with E-state index >= 15 is 0 Å². The number of sulfonamides is 1. The average Bonchev–Trinajstić information content (AvgIpc) is 2.48. The van der Waals surface area contributed by atoms with Crippen molar-refractivity contribution in [2.24, 2.45) is 0 Å². The number of rotatable bonds is 6.